The van der Waals surface area contributed by atoms with Crippen LogP contribution in [0.2, 0.25) is 0 Å². The van der Waals surface area contributed by atoms with E-state index in [2.05, 4.69) is 21.6 Å². The van der Waals surface area contributed by atoms with Gasteiger partial charge in [0.15, 0.2) is 0 Å². The Morgan fingerprint density at radius 2 is 2.00 bits per heavy atom. The first-order chi connectivity index (χ1) is 13.2. The summed E-state index contributed by atoms with van der Waals surface area (Å²) in [7, 11) is 0. The van der Waals surface area contributed by atoms with Gasteiger partial charge in [-0.3, -0.25) is 14.5 Å². The predicted octanol–water partition coefficient (Wildman–Crippen LogP) is 1.58. The summed E-state index contributed by atoms with van der Waals surface area (Å²) >= 11 is 0. The second kappa shape index (κ2) is 9.72. The van der Waals surface area contributed by atoms with E-state index in [-0.39, 0.29) is 30.3 Å². The molecule has 0 aromatic heterocycles. The molecule has 2 fully saturated rings. The first-order valence-electron chi connectivity index (χ1n) is 10.3. The maximum absolute atomic E-state index is 12.8. The number of hydrogen-bond donors (Lipinski definition) is 2. The van der Waals surface area contributed by atoms with Crippen LogP contribution in [0.1, 0.15) is 31.2 Å². The van der Waals surface area contributed by atoms with Gasteiger partial charge in [-0.25, -0.2) is 0 Å². The molecule has 0 spiro atoms. The topological polar surface area (TPSA) is 64.7 Å². The van der Waals surface area contributed by atoms with Crippen molar-refractivity contribution in [2.24, 2.45) is 5.92 Å². The van der Waals surface area contributed by atoms with Gasteiger partial charge in [0.05, 0.1) is 12.6 Å². The first-order valence-corrected chi connectivity index (χ1v) is 10.3. The van der Waals surface area contributed by atoms with E-state index in [1.165, 1.54) is 5.56 Å². The van der Waals surface area contributed by atoms with Crippen molar-refractivity contribution in [1.29, 1.82) is 0 Å². The molecule has 3 aliphatic rings. The molecule has 2 atom stereocenters. The van der Waals surface area contributed by atoms with Crippen molar-refractivity contribution in [3.05, 3.63) is 29.8 Å². The summed E-state index contributed by atoms with van der Waals surface area (Å²) in [6.07, 6.45) is 5.18. The maximum Gasteiger partial charge on any atom is 0.241 e. The molecule has 2 amide bonds. The average Bonchev–Trinajstić information content (AvgIpc) is 3.36. The maximum atomic E-state index is 12.8. The third kappa shape index (κ3) is 4.85. The van der Waals surface area contributed by atoms with Crippen molar-refractivity contribution in [1.82, 2.24) is 15.5 Å². The van der Waals surface area contributed by atoms with Crippen LogP contribution < -0.4 is 15.5 Å². The molecule has 4 rings (SSSR count). The number of nitrogens with zero attached hydrogens (tertiary/aromatic N) is 2. The molecule has 1 aromatic rings. The summed E-state index contributed by atoms with van der Waals surface area (Å²) < 4.78 is 0. The van der Waals surface area contributed by atoms with Crippen molar-refractivity contribution in [2.75, 3.05) is 44.2 Å². The molecule has 6 nitrogen and oxygen atoms in total. The number of fused-ring (bicyclic) bond motifs is 1. The molecule has 0 saturated carbocycles. The Labute approximate surface area is 173 Å². The molecular weight excluding hydrogens is 376 g/mol. The zero-order valence-corrected chi connectivity index (χ0v) is 17.2. The second-order valence-electron chi connectivity index (χ2n) is 8.06. The highest BCUT2D eigenvalue weighted by molar-refractivity contribution is 5.96. The molecule has 0 aliphatic carbocycles. The number of amides is 2. The van der Waals surface area contributed by atoms with Gasteiger partial charge in [-0.1, -0.05) is 18.2 Å². The second-order valence-corrected chi connectivity index (χ2v) is 8.06. The van der Waals surface area contributed by atoms with Crippen LogP contribution in [0.4, 0.5) is 5.69 Å². The molecule has 1 aromatic carbocycles. The number of rotatable bonds is 5. The van der Waals surface area contributed by atoms with Crippen LogP contribution in [0.5, 0.6) is 0 Å². The van der Waals surface area contributed by atoms with Gasteiger partial charge in [0, 0.05) is 25.3 Å². The summed E-state index contributed by atoms with van der Waals surface area (Å²) in [5.41, 5.74) is 2.35. The lowest BCUT2D eigenvalue weighted by Gasteiger charge is -2.33. The number of carbonyl (C=O) groups excluding carboxylic acids is 2. The fourth-order valence-corrected chi connectivity index (χ4v) is 4.61. The lowest BCUT2D eigenvalue weighted by atomic mass is 9.97. The van der Waals surface area contributed by atoms with Gasteiger partial charge in [-0.2, -0.15) is 0 Å². The van der Waals surface area contributed by atoms with E-state index in [4.69, 9.17) is 0 Å². The van der Waals surface area contributed by atoms with Crippen molar-refractivity contribution in [3.8, 4) is 0 Å². The van der Waals surface area contributed by atoms with Crippen molar-refractivity contribution in [3.63, 3.8) is 0 Å². The Morgan fingerprint density at radius 3 is 2.82 bits per heavy atom. The van der Waals surface area contributed by atoms with Gasteiger partial charge in [-0.05, 0) is 62.7 Å². The van der Waals surface area contributed by atoms with Gasteiger partial charge >= 0.3 is 0 Å². The van der Waals surface area contributed by atoms with Gasteiger partial charge < -0.3 is 15.5 Å². The highest BCUT2D eigenvalue weighted by Crippen LogP contribution is 2.27. The number of likely N-dealkylation sites (tertiary alicyclic amines) is 1. The van der Waals surface area contributed by atoms with Crippen molar-refractivity contribution >= 4 is 29.9 Å². The quantitative estimate of drug-likeness (QED) is 0.779. The number of hydrogen-bond acceptors (Lipinski definition) is 4. The normalized spacial score (nSPS) is 24.5. The number of carbonyl (C=O) groups is 2. The monoisotopic (exact) mass is 406 g/mol. The van der Waals surface area contributed by atoms with Crippen LogP contribution in [-0.2, 0) is 16.0 Å². The van der Waals surface area contributed by atoms with Crippen LogP contribution in [0.15, 0.2) is 24.3 Å². The Balaban J connectivity index is 0.00000225. The van der Waals surface area contributed by atoms with Crippen LogP contribution in [0.25, 0.3) is 0 Å². The summed E-state index contributed by atoms with van der Waals surface area (Å²) in [5, 5.41) is 6.36. The fraction of sp³-hybridized carbons (Fsp3) is 0.619. The third-order valence-electron chi connectivity index (χ3n) is 6.09. The van der Waals surface area contributed by atoms with Crippen LogP contribution in [0, 0.1) is 5.92 Å². The number of piperidine rings is 1. The molecule has 154 valence electrons. The molecular formula is C21H31ClN4O2. The molecule has 0 radical (unpaired) electrons. The lowest BCUT2D eigenvalue weighted by molar-refractivity contribution is -0.123. The summed E-state index contributed by atoms with van der Waals surface area (Å²) in [6.45, 7) is 4.78. The number of anilines is 1. The molecule has 0 bridgehead atoms. The van der Waals surface area contributed by atoms with E-state index in [0.717, 1.165) is 64.0 Å². The van der Waals surface area contributed by atoms with Crippen LogP contribution in [0.3, 0.4) is 0 Å². The fourth-order valence-electron chi connectivity index (χ4n) is 4.61. The highest BCUT2D eigenvalue weighted by atomic mass is 35.5. The Bertz CT molecular complexity index is 693. The molecule has 3 heterocycles. The minimum atomic E-state index is -0.0125. The highest BCUT2D eigenvalue weighted by Gasteiger charge is 2.28. The Hall–Kier alpha value is -1.63. The average molecular weight is 407 g/mol. The van der Waals surface area contributed by atoms with Crippen molar-refractivity contribution < 1.29 is 9.59 Å². The molecule has 28 heavy (non-hydrogen) atoms. The Morgan fingerprint density at radius 1 is 1.14 bits per heavy atom. The largest absolute Gasteiger partial charge is 0.354 e. The van der Waals surface area contributed by atoms with Gasteiger partial charge in [0.1, 0.15) is 0 Å². The van der Waals surface area contributed by atoms with Gasteiger partial charge in [-0.15, -0.1) is 12.4 Å². The summed E-state index contributed by atoms with van der Waals surface area (Å²) in [6, 6.07) is 8.19. The molecule has 3 aliphatic heterocycles. The molecule has 7 heteroatoms. The third-order valence-corrected chi connectivity index (χ3v) is 6.09. The Kier molecular flexibility index (Phi) is 7.32. The first kappa shape index (κ1) is 21.1. The van der Waals surface area contributed by atoms with E-state index in [1.807, 2.05) is 23.1 Å². The van der Waals surface area contributed by atoms with E-state index >= 15 is 0 Å². The van der Waals surface area contributed by atoms with Crippen molar-refractivity contribution in [2.45, 2.75) is 38.1 Å². The van der Waals surface area contributed by atoms with E-state index < -0.39 is 0 Å². The summed E-state index contributed by atoms with van der Waals surface area (Å²) in [4.78, 5) is 29.2. The minimum absolute atomic E-state index is 0. The standard InChI is InChI=1S/C21H30N4O2.ClH/c26-20(25-12-9-17-6-1-2-8-19(17)25)15-24-11-4-5-16(14-24)13-23-21(27)18-7-3-10-22-18;/h1-2,6,8,16,18,22H,3-5,7,9-15H2,(H,23,27);1H. The van der Waals surface area contributed by atoms with E-state index in [0.29, 0.717) is 19.0 Å². The predicted molar refractivity (Wildman–Crippen MR) is 113 cm³/mol. The number of benzene rings is 1. The van der Waals surface area contributed by atoms with E-state index in [1.54, 1.807) is 0 Å². The summed E-state index contributed by atoms with van der Waals surface area (Å²) in [5.74, 6) is 0.761. The number of para-hydroxylation sites is 1. The number of halogens is 1. The van der Waals surface area contributed by atoms with E-state index in [9.17, 15) is 9.59 Å². The van der Waals surface area contributed by atoms with Crippen LogP contribution in [-0.4, -0.2) is 62.0 Å². The molecule has 2 saturated heterocycles. The number of nitrogens with one attached hydrogen (secondary N) is 2. The SMILES string of the molecule is Cl.O=C(NCC1CCCN(CC(=O)N2CCc3ccccc32)C1)C1CCCN1. The minimum Gasteiger partial charge on any atom is -0.354 e. The zero-order valence-electron chi connectivity index (χ0n) is 16.4. The van der Waals surface area contributed by atoms with Gasteiger partial charge in [0.2, 0.25) is 11.8 Å². The zero-order chi connectivity index (χ0) is 18.6. The molecule has 2 unspecified atom stereocenters. The molecule has 2 N–H and O–H groups in total. The van der Waals surface area contributed by atoms with Gasteiger partial charge in [0.25, 0.3) is 0 Å². The smallest absolute Gasteiger partial charge is 0.241 e. The van der Waals surface area contributed by atoms with Crippen LogP contribution >= 0.6 is 12.4 Å². The lowest BCUT2D eigenvalue weighted by Crippen LogP contribution is -2.47.